The smallest absolute Gasteiger partial charge is 0.307 e. The molecule has 1 atom stereocenters. The van der Waals surface area contributed by atoms with Gasteiger partial charge in [-0.15, -0.1) is 0 Å². The normalized spacial score (nSPS) is 19.3. The largest absolute Gasteiger partial charge is 0.466 e. The van der Waals surface area contributed by atoms with E-state index in [0.717, 1.165) is 19.5 Å². The standard InChI is InChI=1S/C16H31NO2/c1-4-6-7-8-11-16(3,14-15(18)19-5-2)17-12-9-10-13-17/h4-14H2,1-3H3. The molecule has 112 valence electrons. The van der Waals surface area contributed by atoms with Gasteiger partial charge in [-0.3, -0.25) is 9.69 Å². The van der Waals surface area contributed by atoms with Gasteiger partial charge >= 0.3 is 5.97 Å². The van der Waals surface area contributed by atoms with Gasteiger partial charge in [0, 0.05) is 5.54 Å². The molecule has 0 aliphatic carbocycles. The van der Waals surface area contributed by atoms with Crippen molar-refractivity contribution in [1.82, 2.24) is 4.90 Å². The molecule has 1 unspecified atom stereocenters. The topological polar surface area (TPSA) is 29.5 Å². The summed E-state index contributed by atoms with van der Waals surface area (Å²) in [6, 6.07) is 0. The van der Waals surface area contributed by atoms with Crippen molar-refractivity contribution in [3.05, 3.63) is 0 Å². The number of carbonyl (C=O) groups is 1. The van der Waals surface area contributed by atoms with Crippen LogP contribution in [0.3, 0.4) is 0 Å². The molecule has 1 aliphatic heterocycles. The predicted molar refractivity (Wildman–Crippen MR) is 79.2 cm³/mol. The lowest BCUT2D eigenvalue weighted by molar-refractivity contribution is -0.146. The van der Waals surface area contributed by atoms with E-state index < -0.39 is 0 Å². The van der Waals surface area contributed by atoms with Gasteiger partial charge in [0.15, 0.2) is 0 Å². The fourth-order valence-electron chi connectivity index (χ4n) is 3.07. The summed E-state index contributed by atoms with van der Waals surface area (Å²) in [5, 5.41) is 0. The second kappa shape index (κ2) is 8.57. The van der Waals surface area contributed by atoms with Crippen LogP contribution >= 0.6 is 0 Å². The van der Waals surface area contributed by atoms with Crippen molar-refractivity contribution in [1.29, 1.82) is 0 Å². The molecule has 3 nitrogen and oxygen atoms in total. The molecular weight excluding hydrogens is 238 g/mol. The molecule has 1 rings (SSSR count). The van der Waals surface area contributed by atoms with Crippen LogP contribution in [-0.4, -0.2) is 36.1 Å². The van der Waals surface area contributed by atoms with Crippen molar-refractivity contribution in [2.45, 2.75) is 77.7 Å². The van der Waals surface area contributed by atoms with E-state index in [9.17, 15) is 4.79 Å². The van der Waals surface area contributed by atoms with E-state index in [1.54, 1.807) is 0 Å². The third-order valence-corrected chi connectivity index (χ3v) is 4.27. The van der Waals surface area contributed by atoms with Gasteiger partial charge < -0.3 is 4.74 Å². The second-order valence-corrected chi connectivity index (χ2v) is 5.98. The molecule has 0 aromatic carbocycles. The van der Waals surface area contributed by atoms with Gasteiger partial charge in [-0.05, 0) is 46.2 Å². The van der Waals surface area contributed by atoms with Gasteiger partial charge in [0.1, 0.15) is 0 Å². The zero-order chi connectivity index (χ0) is 14.1. The van der Waals surface area contributed by atoms with Gasteiger partial charge in [0.05, 0.1) is 13.0 Å². The predicted octanol–water partition coefficient (Wildman–Crippen LogP) is 3.76. The number of ether oxygens (including phenoxy) is 1. The van der Waals surface area contributed by atoms with E-state index >= 15 is 0 Å². The van der Waals surface area contributed by atoms with Crippen LogP contribution in [0, 0.1) is 0 Å². The average molecular weight is 269 g/mol. The Hall–Kier alpha value is -0.570. The van der Waals surface area contributed by atoms with Crippen molar-refractivity contribution < 1.29 is 9.53 Å². The maximum Gasteiger partial charge on any atom is 0.307 e. The van der Waals surface area contributed by atoms with Crippen molar-refractivity contribution in [2.24, 2.45) is 0 Å². The third-order valence-electron chi connectivity index (χ3n) is 4.27. The Kier molecular flexibility index (Phi) is 7.44. The molecule has 1 aliphatic rings. The Morgan fingerprint density at radius 2 is 1.84 bits per heavy atom. The SMILES string of the molecule is CCCCCCC(C)(CC(=O)OCC)N1CCCC1. The lowest BCUT2D eigenvalue weighted by atomic mass is 9.89. The Balaban J connectivity index is 2.52. The first kappa shape index (κ1) is 16.5. The van der Waals surface area contributed by atoms with E-state index in [2.05, 4.69) is 18.7 Å². The van der Waals surface area contributed by atoms with E-state index in [4.69, 9.17) is 4.74 Å². The van der Waals surface area contributed by atoms with Crippen LogP contribution in [0.5, 0.6) is 0 Å². The van der Waals surface area contributed by atoms with Gasteiger partial charge in [-0.2, -0.15) is 0 Å². The van der Waals surface area contributed by atoms with Crippen molar-refractivity contribution in [3.8, 4) is 0 Å². The quantitative estimate of drug-likeness (QED) is 0.471. The first-order valence-electron chi connectivity index (χ1n) is 8.03. The number of hydrogen-bond donors (Lipinski definition) is 0. The highest BCUT2D eigenvalue weighted by Crippen LogP contribution is 2.30. The molecule has 0 radical (unpaired) electrons. The Bertz CT molecular complexity index is 261. The minimum absolute atomic E-state index is 0.0104. The molecule has 0 spiro atoms. The van der Waals surface area contributed by atoms with Crippen LogP contribution in [0.25, 0.3) is 0 Å². The number of hydrogen-bond acceptors (Lipinski definition) is 3. The highest BCUT2D eigenvalue weighted by atomic mass is 16.5. The maximum absolute atomic E-state index is 11.9. The summed E-state index contributed by atoms with van der Waals surface area (Å²) in [7, 11) is 0. The number of likely N-dealkylation sites (tertiary alicyclic amines) is 1. The minimum atomic E-state index is -0.0348. The molecule has 0 bridgehead atoms. The molecule has 1 heterocycles. The Labute approximate surface area is 118 Å². The number of unbranched alkanes of at least 4 members (excludes halogenated alkanes) is 3. The van der Waals surface area contributed by atoms with Crippen LogP contribution in [0.1, 0.15) is 72.1 Å². The second-order valence-electron chi connectivity index (χ2n) is 5.98. The van der Waals surface area contributed by atoms with Crippen LogP contribution in [0.15, 0.2) is 0 Å². The summed E-state index contributed by atoms with van der Waals surface area (Å²) in [4.78, 5) is 14.4. The molecule has 0 amide bonds. The summed E-state index contributed by atoms with van der Waals surface area (Å²) < 4.78 is 5.16. The van der Waals surface area contributed by atoms with Gasteiger partial charge in [0.2, 0.25) is 0 Å². The van der Waals surface area contributed by atoms with E-state index in [1.807, 2.05) is 6.92 Å². The zero-order valence-electron chi connectivity index (χ0n) is 13.0. The first-order chi connectivity index (χ1) is 9.12. The van der Waals surface area contributed by atoms with Crippen LogP contribution in [-0.2, 0) is 9.53 Å². The monoisotopic (exact) mass is 269 g/mol. The molecule has 0 saturated carbocycles. The Morgan fingerprint density at radius 3 is 2.42 bits per heavy atom. The molecule has 1 saturated heterocycles. The summed E-state index contributed by atoms with van der Waals surface area (Å²) in [5.74, 6) is -0.0348. The van der Waals surface area contributed by atoms with Crippen LogP contribution in [0.4, 0.5) is 0 Å². The van der Waals surface area contributed by atoms with Gasteiger partial charge in [-0.1, -0.05) is 32.6 Å². The van der Waals surface area contributed by atoms with Crippen molar-refractivity contribution in [3.63, 3.8) is 0 Å². The number of rotatable bonds is 9. The number of nitrogens with zero attached hydrogens (tertiary/aromatic N) is 1. The lowest BCUT2D eigenvalue weighted by Gasteiger charge is -2.38. The summed E-state index contributed by atoms with van der Waals surface area (Å²) in [5.41, 5.74) is 0.0104. The fraction of sp³-hybridized carbons (Fsp3) is 0.938. The fourth-order valence-corrected chi connectivity index (χ4v) is 3.07. The van der Waals surface area contributed by atoms with Crippen LogP contribution in [0.2, 0.25) is 0 Å². The average Bonchev–Trinajstić information content (AvgIpc) is 2.89. The van der Waals surface area contributed by atoms with Crippen molar-refractivity contribution in [2.75, 3.05) is 19.7 Å². The number of esters is 1. The molecule has 19 heavy (non-hydrogen) atoms. The number of carbonyl (C=O) groups excluding carboxylic acids is 1. The zero-order valence-corrected chi connectivity index (χ0v) is 13.0. The van der Waals surface area contributed by atoms with E-state index in [-0.39, 0.29) is 11.5 Å². The molecule has 0 N–H and O–H groups in total. The summed E-state index contributed by atoms with van der Waals surface area (Å²) >= 11 is 0. The molecular formula is C16H31NO2. The molecule has 1 fully saturated rings. The van der Waals surface area contributed by atoms with Gasteiger partial charge in [-0.25, -0.2) is 0 Å². The minimum Gasteiger partial charge on any atom is -0.466 e. The highest BCUT2D eigenvalue weighted by Gasteiger charge is 2.35. The highest BCUT2D eigenvalue weighted by molar-refractivity contribution is 5.70. The Morgan fingerprint density at radius 1 is 1.16 bits per heavy atom. The lowest BCUT2D eigenvalue weighted by Crippen LogP contribution is -2.46. The van der Waals surface area contributed by atoms with E-state index in [0.29, 0.717) is 13.0 Å². The van der Waals surface area contributed by atoms with E-state index in [1.165, 1.54) is 38.5 Å². The molecule has 3 heteroatoms. The summed E-state index contributed by atoms with van der Waals surface area (Å²) in [6.07, 6.45) is 9.27. The molecule has 0 aromatic heterocycles. The third kappa shape index (κ3) is 5.52. The first-order valence-corrected chi connectivity index (χ1v) is 8.03. The van der Waals surface area contributed by atoms with Gasteiger partial charge in [0.25, 0.3) is 0 Å². The maximum atomic E-state index is 11.9. The summed E-state index contributed by atoms with van der Waals surface area (Å²) in [6.45, 7) is 9.14. The molecule has 0 aromatic rings. The van der Waals surface area contributed by atoms with Crippen LogP contribution < -0.4 is 0 Å². The van der Waals surface area contributed by atoms with Crippen molar-refractivity contribution >= 4 is 5.97 Å².